The van der Waals surface area contributed by atoms with E-state index >= 15 is 0 Å². The van der Waals surface area contributed by atoms with Crippen LogP contribution in [-0.2, 0) is 9.53 Å². The molecule has 4 atom stereocenters. The van der Waals surface area contributed by atoms with Crippen LogP contribution < -0.4 is 11.2 Å². The van der Waals surface area contributed by atoms with Crippen molar-refractivity contribution in [3.8, 4) is 11.8 Å². The van der Waals surface area contributed by atoms with Crippen molar-refractivity contribution in [3.05, 3.63) is 18.1 Å². The molecule has 2 aromatic heterocycles. The zero-order chi connectivity index (χ0) is 19.1. The number of hydrogen-bond donors (Lipinski definition) is 6. The highest BCUT2D eigenvalue weighted by atomic mass is 16.6. The first-order valence-corrected chi connectivity index (χ1v) is 7.55. The van der Waals surface area contributed by atoms with Crippen molar-refractivity contribution in [1.82, 2.24) is 14.5 Å². The number of nitrogens with two attached hydrogens (primary N) is 1. The maximum Gasteiger partial charge on any atom is 0.293 e. The van der Waals surface area contributed by atoms with Crippen LogP contribution in [0.4, 0.5) is 5.82 Å². The number of carbonyl (C=O) groups is 1. The Morgan fingerprint density at radius 3 is 2.85 bits per heavy atom. The first kappa shape index (κ1) is 18.1. The number of aromatic nitrogens is 3. The highest BCUT2D eigenvalue weighted by Gasteiger charge is 2.53. The Hall–Kier alpha value is -2.75. The van der Waals surface area contributed by atoms with Gasteiger partial charge in [0, 0.05) is 12.1 Å². The van der Waals surface area contributed by atoms with Gasteiger partial charge < -0.3 is 30.4 Å². The number of ether oxygens (including phenoxy) is 1. The van der Waals surface area contributed by atoms with Gasteiger partial charge in [-0.1, -0.05) is 5.92 Å². The lowest BCUT2D eigenvalue weighted by atomic mass is 9.96. The summed E-state index contributed by atoms with van der Waals surface area (Å²) in [7, 11) is 0. The molecular formula is C15H17N5O6. The van der Waals surface area contributed by atoms with Gasteiger partial charge in [0.2, 0.25) is 0 Å². The van der Waals surface area contributed by atoms with Crippen molar-refractivity contribution in [2.24, 2.45) is 5.73 Å². The van der Waals surface area contributed by atoms with Crippen molar-refractivity contribution >= 4 is 22.8 Å². The van der Waals surface area contributed by atoms with Gasteiger partial charge in [-0.25, -0.2) is 9.97 Å². The number of anilines is 1. The quantitative estimate of drug-likeness (QED) is 0.268. The monoisotopic (exact) mass is 363 g/mol. The van der Waals surface area contributed by atoms with E-state index in [1.165, 1.54) is 17.7 Å². The van der Waals surface area contributed by atoms with Gasteiger partial charge in [-0.05, 0) is 6.92 Å². The lowest BCUT2D eigenvalue weighted by molar-refractivity contribution is -0.112. The highest BCUT2D eigenvalue weighted by Crippen LogP contribution is 2.40. The van der Waals surface area contributed by atoms with E-state index in [-0.39, 0.29) is 22.4 Å². The van der Waals surface area contributed by atoms with Crippen LogP contribution in [0, 0.1) is 11.8 Å². The Morgan fingerprint density at radius 1 is 1.54 bits per heavy atom. The number of nitrogens with one attached hydrogen (secondary N) is 1. The Morgan fingerprint density at radius 2 is 2.27 bits per heavy atom. The van der Waals surface area contributed by atoms with Crippen LogP contribution >= 0.6 is 0 Å². The van der Waals surface area contributed by atoms with Gasteiger partial charge in [-0.3, -0.25) is 15.5 Å². The fourth-order valence-electron chi connectivity index (χ4n) is 2.96. The molecule has 0 spiro atoms. The van der Waals surface area contributed by atoms with E-state index in [0.29, 0.717) is 0 Å². The van der Waals surface area contributed by atoms with Crippen LogP contribution in [0.1, 0.15) is 18.7 Å². The molecule has 7 N–H and O–H groups in total. The summed E-state index contributed by atoms with van der Waals surface area (Å²) >= 11 is 0. The summed E-state index contributed by atoms with van der Waals surface area (Å²) in [6.07, 6.45) is -0.909. The van der Waals surface area contributed by atoms with E-state index in [1.807, 2.05) is 5.48 Å². The normalized spacial score (nSPS) is 28.0. The van der Waals surface area contributed by atoms with E-state index < -0.39 is 36.6 Å². The third-order valence-corrected chi connectivity index (χ3v) is 4.22. The molecule has 3 rings (SSSR count). The third kappa shape index (κ3) is 2.75. The molecule has 3 heterocycles. The molecule has 1 aliphatic rings. The zero-order valence-electron chi connectivity index (χ0n) is 13.6. The minimum absolute atomic E-state index is 0.0133. The second kappa shape index (κ2) is 6.52. The molecule has 1 amide bonds. The van der Waals surface area contributed by atoms with Crippen LogP contribution in [0.15, 0.2) is 12.5 Å². The minimum Gasteiger partial charge on any atom is -0.394 e. The Balaban J connectivity index is 2.22. The van der Waals surface area contributed by atoms with E-state index in [4.69, 9.17) is 10.5 Å². The first-order valence-electron chi connectivity index (χ1n) is 7.55. The molecule has 0 aliphatic carbocycles. The maximum absolute atomic E-state index is 11.0. The topological polar surface area (TPSA) is 176 Å². The fourth-order valence-corrected chi connectivity index (χ4v) is 2.96. The number of hydrogen-bond acceptors (Lipinski definition) is 9. The van der Waals surface area contributed by atoms with Gasteiger partial charge in [-0.15, -0.1) is 0 Å². The summed E-state index contributed by atoms with van der Waals surface area (Å²) < 4.78 is 6.95. The molecular weight excluding hydrogens is 346 g/mol. The number of aliphatic hydroxyl groups is 3. The average Bonchev–Trinajstić information content (AvgIpc) is 3.08. The number of nitrogens with zero attached hydrogens (tertiary/aromatic N) is 3. The van der Waals surface area contributed by atoms with Crippen molar-refractivity contribution in [3.63, 3.8) is 0 Å². The van der Waals surface area contributed by atoms with Crippen LogP contribution in [0.3, 0.4) is 0 Å². The van der Waals surface area contributed by atoms with E-state index in [0.717, 1.165) is 6.33 Å². The maximum atomic E-state index is 11.0. The minimum atomic E-state index is -1.76. The molecule has 0 saturated carbocycles. The zero-order valence-corrected chi connectivity index (χ0v) is 13.6. The lowest BCUT2D eigenvalue weighted by Crippen LogP contribution is -2.44. The molecule has 0 bridgehead atoms. The number of rotatable bonds is 3. The molecule has 2 aromatic rings. The fraction of sp³-hybridized carbons (Fsp3) is 0.400. The number of fused-ring (bicyclic) bond motifs is 1. The van der Waals surface area contributed by atoms with Crippen LogP contribution in [0.25, 0.3) is 11.0 Å². The van der Waals surface area contributed by atoms with Crippen molar-refractivity contribution < 1.29 is 30.1 Å². The third-order valence-electron chi connectivity index (χ3n) is 4.22. The van der Waals surface area contributed by atoms with E-state index in [2.05, 4.69) is 21.8 Å². The molecule has 26 heavy (non-hydrogen) atoms. The van der Waals surface area contributed by atoms with Crippen LogP contribution in [-0.4, -0.2) is 65.4 Å². The predicted molar refractivity (Wildman–Crippen MR) is 86.6 cm³/mol. The smallest absolute Gasteiger partial charge is 0.293 e. The summed E-state index contributed by atoms with van der Waals surface area (Å²) in [5.74, 6) is 3.87. The molecule has 0 radical (unpaired) electrons. The summed E-state index contributed by atoms with van der Waals surface area (Å²) in [4.78, 5) is 19.0. The van der Waals surface area contributed by atoms with Crippen LogP contribution in [0.2, 0.25) is 0 Å². The van der Waals surface area contributed by atoms with Gasteiger partial charge in [0.25, 0.3) is 5.91 Å². The average molecular weight is 363 g/mol. The second-order valence-corrected chi connectivity index (χ2v) is 5.98. The number of carbonyl (C=O) groups excluding carboxylic acids is 1. The lowest BCUT2D eigenvalue weighted by Gasteiger charge is -2.27. The van der Waals surface area contributed by atoms with Gasteiger partial charge in [0.15, 0.2) is 12.0 Å². The standard InChI is InChI=1S/C15H17N5O6/c1-15(24)11(23)8(5-21)26-14(15)20-4-7(2-3-9(16)22)10-12(19-25)17-6-18-13(10)20/h4,6,8,11,14,21,23-25H,5H2,1H3,(H2,16,22)(H,17,18,19)/t8?,11?,14?,15-/m1/s1. The highest BCUT2D eigenvalue weighted by molar-refractivity contribution is 5.97. The molecule has 11 heteroatoms. The molecule has 11 nitrogen and oxygen atoms in total. The summed E-state index contributed by atoms with van der Waals surface area (Å²) in [5, 5.41) is 39.7. The van der Waals surface area contributed by atoms with Gasteiger partial charge in [-0.2, -0.15) is 0 Å². The molecule has 138 valence electrons. The van der Waals surface area contributed by atoms with E-state index in [9.17, 15) is 25.3 Å². The van der Waals surface area contributed by atoms with Gasteiger partial charge >= 0.3 is 0 Å². The number of primary amides is 1. The largest absolute Gasteiger partial charge is 0.394 e. The Bertz CT molecular complexity index is 914. The van der Waals surface area contributed by atoms with Crippen molar-refractivity contribution in [2.45, 2.75) is 31.0 Å². The second-order valence-electron chi connectivity index (χ2n) is 5.98. The SMILES string of the molecule is C[C@@]1(O)C(O)C(CO)OC1n1cc(C#CC(N)=O)c2c(NO)ncnc21. The van der Waals surface area contributed by atoms with Crippen LogP contribution in [0.5, 0.6) is 0 Å². The predicted octanol–water partition coefficient (Wildman–Crippen LogP) is -1.93. The summed E-state index contributed by atoms with van der Waals surface area (Å²) in [5.41, 5.74) is 5.64. The first-order chi connectivity index (χ1) is 12.3. The van der Waals surface area contributed by atoms with Crippen molar-refractivity contribution in [2.75, 3.05) is 12.1 Å². The molecule has 1 fully saturated rings. The Kier molecular flexibility index (Phi) is 4.53. The van der Waals surface area contributed by atoms with Crippen molar-refractivity contribution in [1.29, 1.82) is 0 Å². The molecule has 1 aliphatic heterocycles. The summed E-state index contributed by atoms with van der Waals surface area (Å²) in [6.45, 7) is 0.852. The van der Waals surface area contributed by atoms with Gasteiger partial charge in [0.1, 0.15) is 29.8 Å². The summed E-state index contributed by atoms with van der Waals surface area (Å²) in [6, 6.07) is 0. The molecule has 0 aromatic carbocycles. The molecule has 3 unspecified atom stereocenters. The number of aliphatic hydroxyl groups excluding tert-OH is 2. The van der Waals surface area contributed by atoms with Gasteiger partial charge in [0.05, 0.1) is 17.6 Å². The van der Waals surface area contributed by atoms with E-state index in [1.54, 1.807) is 0 Å². The molecule has 1 saturated heterocycles. The number of amides is 1. The Labute approximate surface area is 147 Å².